The van der Waals surface area contributed by atoms with E-state index in [1.54, 1.807) is 6.92 Å². The van der Waals surface area contributed by atoms with E-state index in [1.165, 1.54) is 11.3 Å². The molecule has 1 aromatic carbocycles. The first-order valence-electron chi connectivity index (χ1n) is 8.89. The third-order valence-electron chi connectivity index (χ3n) is 3.95. The van der Waals surface area contributed by atoms with Crippen molar-refractivity contribution in [2.45, 2.75) is 19.4 Å². The third-order valence-corrected chi connectivity index (χ3v) is 5.07. The third kappa shape index (κ3) is 6.14. The van der Waals surface area contributed by atoms with Crippen LogP contribution in [0.25, 0.3) is 0 Å². The van der Waals surface area contributed by atoms with Crippen LogP contribution < -0.4 is 24.8 Å². The number of benzene rings is 1. The number of thiophene rings is 1. The van der Waals surface area contributed by atoms with E-state index < -0.39 is 5.60 Å². The Bertz CT molecular complexity index is 769. The topological polar surface area (TPSA) is 84.3 Å². The van der Waals surface area contributed by atoms with Crippen LogP contribution in [0.5, 0.6) is 17.2 Å². The quantitative estimate of drug-likeness (QED) is 0.215. The van der Waals surface area contributed by atoms with E-state index in [1.807, 2.05) is 42.6 Å². The molecule has 2 heterocycles. The maximum Gasteiger partial charge on any atom is 0.231 e. The maximum absolute atomic E-state index is 10.6. The van der Waals surface area contributed by atoms with Gasteiger partial charge >= 0.3 is 0 Å². The molecule has 1 aromatic heterocycles. The van der Waals surface area contributed by atoms with Crippen molar-refractivity contribution in [2.24, 2.45) is 4.99 Å². The molecule has 2 aromatic rings. The van der Waals surface area contributed by atoms with Gasteiger partial charge < -0.3 is 30.0 Å². The van der Waals surface area contributed by atoms with Crippen molar-refractivity contribution in [3.8, 4) is 17.2 Å². The van der Waals surface area contributed by atoms with Crippen LogP contribution in [0.1, 0.15) is 18.7 Å². The van der Waals surface area contributed by atoms with Crippen molar-refractivity contribution in [1.29, 1.82) is 0 Å². The van der Waals surface area contributed by atoms with Crippen molar-refractivity contribution >= 4 is 41.3 Å². The predicted molar refractivity (Wildman–Crippen MR) is 121 cm³/mol. The van der Waals surface area contributed by atoms with Crippen LogP contribution in [0.3, 0.4) is 0 Å². The Morgan fingerprint density at radius 3 is 2.86 bits per heavy atom. The Labute approximate surface area is 186 Å². The average molecular weight is 519 g/mol. The maximum atomic E-state index is 10.6. The van der Waals surface area contributed by atoms with Crippen molar-refractivity contribution < 1.29 is 19.3 Å². The molecular formula is C19H26IN3O4S. The van der Waals surface area contributed by atoms with Gasteiger partial charge in [-0.25, -0.2) is 4.99 Å². The van der Waals surface area contributed by atoms with E-state index in [4.69, 9.17) is 14.2 Å². The standard InChI is InChI=1S/C19H25N3O4S.HI/c1-3-20-18(22-12-19(2,23)17-5-4-10-27-17)21-8-9-24-14-6-7-15-16(11-14)26-13-25-15;/h4-7,10-11,23H,3,8-9,12-13H2,1-2H3,(H2,20,21,22);1H. The van der Waals surface area contributed by atoms with Gasteiger partial charge in [0.1, 0.15) is 18.0 Å². The highest BCUT2D eigenvalue weighted by molar-refractivity contribution is 14.0. The number of nitrogens with one attached hydrogen (secondary N) is 2. The number of rotatable bonds is 8. The number of halogens is 1. The minimum Gasteiger partial charge on any atom is -0.492 e. The van der Waals surface area contributed by atoms with Gasteiger partial charge in [0.15, 0.2) is 17.5 Å². The summed E-state index contributed by atoms with van der Waals surface area (Å²) in [4.78, 5) is 5.39. The second-order valence-electron chi connectivity index (χ2n) is 6.24. The molecule has 0 saturated carbocycles. The summed E-state index contributed by atoms with van der Waals surface area (Å²) in [5.74, 6) is 2.80. The fourth-order valence-corrected chi connectivity index (χ4v) is 3.32. The van der Waals surface area contributed by atoms with Gasteiger partial charge in [0.25, 0.3) is 0 Å². The molecule has 0 radical (unpaired) electrons. The van der Waals surface area contributed by atoms with E-state index in [0.717, 1.165) is 22.9 Å². The molecule has 0 bridgehead atoms. The summed E-state index contributed by atoms with van der Waals surface area (Å²) in [6, 6.07) is 9.35. The van der Waals surface area contributed by atoms with Crippen LogP contribution in [0.4, 0.5) is 0 Å². The van der Waals surface area contributed by atoms with Gasteiger partial charge in [-0.3, -0.25) is 0 Å². The summed E-state index contributed by atoms with van der Waals surface area (Å²) in [7, 11) is 0. The molecule has 0 saturated heterocycles. The molecule has 1 atom stereocenters. The largest absolute Gasteiger partial charge is 0.492 e. The van der Waals surface area contributed by atoms with Crippen LogP contribution >= 0.6 is 35.3 Å². The lowest BCUT2D eigenvalue weighted by Crippen LogP contribution is -2.40. The molecule has 0 amide bonds. The lowest BCUT2D eigenvalue weighted by molar-refractivity contribution is 0.0711. The summed E-state index contributed by atoms with van der Waals surface area (Å²) >= 11 is 1.52. The molecule has 0 fully saturated rings. The normalized spacial score (nSPS) is 14.8. The van der Waals surface area contributed by atoms with Crippen molar-refractivity contribution in [3.05, 3.63) is 40.6 Å². The lowest BCUT2D eigenvalue weighted by Gasteiger charge is -2.20. The number of ether oxygens (including phenoxy) is 3. The Morgan fingerprint density at radius 2 is 2.11 bits per heavy atom. The SMILES string of the molecule is CCNC(=NCC(C)(O)c1cccs1)NCCOc1ccc2c(c1)OCO2.I. The molecule has 1 aliphatic heterocycles. The summed E-state index contributed by atoms with van der Waals surface area (Å²) in [5.41, 5.74) is -0.987. The van der Waals surface area contributed by atoms with E-state index in [2.05, 4.69) is 15.6 Å². The van der Waals surface area contributed by atoms with Gasteiger partial charge in [-0.05, 0) is 37.4 Å². The lowest BCUT2D eigenvalue weighted by atomic mass is 10.1. The fraction of sp³-hybridized carbons (Fsp3) is 0.421. The molecule has 0 aliphatic carbocycles. The molecule has 1 unspecified atom stereocenters. The summed E-state index contributed by atoms with van der Waals surface area (Å²) in [6.45, 7) is 6.05. The van der Waals surface area contributed by atoms with Gasteiger partial charge in [-0.2, -0.15) is 0 Å². The zero-order valence-corrected chi connectivity index (χ0v) is 19.1. The number of hydrogen-bond acceptors (Lipinski definition) is 6. The van der Waals surface area contributed by atoms with Crippen LogP contribution in [0.15, 0.2) is 40.7 Å². The van der Waals surface area contributed by atoms with Crippen LogP contribution in [-0.2, 0) is 5.60 Å². The minimum atomic E-state index is -0.987. The highest BCUT2D eigenvalue weighted by Crippen LogP contribution is 2.35. The Hall–Kier alpha value is -1.72. The highest BCUT2D eigenvalue weighted by Gasteiger charge is 2.24. The van der Waals surface area contributed by atoms with Crippen LogP contribution in [-0.4, -0.2) is 44.1 Å². The summed E-state index contributed by atoms with van der Waals surface area (Å²) < 4.78 is 16.4. The van der Waals surface area contributed by atoms with Gasteiger partial charge in [0.05, 0.1) is 13.1 Å². The zero-order chi connectivity index (χ0) is 19.1. The number of hydrogen-bond donors (Lipinski definition) is 3. The number of fused-ring (bicyclic) bond motifs is 1. The van der Waals surface area contributed by atoms with E-state index in [-0.39, 0.29) is 37.3 Å². The van der Waals surface area contributed by atoms with Crippen molar-refractivity contribution in [3.63, 3.8) is 0 Å². The molecule has 7 nitrogen and oxygen atoms in total. The zero-order valence-electron chi connectivity index (χ0n) is 15.9. The average Bonchev–Trinajstić information content (AvgIpc) is 3.34. The molecular weight excluding hydrogens is 493 g/mol. The predicted octanol–water partition coefficient (Wildman–Crippen LogP) is 2.94. The molecule has 9 heteroatoms. The van der Waals surface area contributed by atoms with E-state index in [0.29, 0.717) is 24.9 Å². The Balaban J connectivity index is 0.00000280. The molecule has 154 valence electrons. The monoisotopic (exact) mass is 519 g/mol. The fourth-order valence-electron chi connectivity index (χ4n) is 2.54. The van der Waals surface area contributed by atoms with Gasteiger partial charge in [0, 0.05) is 17.5 Å². The Morgan fingerprint density at radius 1 is 1.29 bits per heavy atom. The highest BCUT2D eigenvalue weighted by atomic mass is 127. The van der Waals surface area contributed by atoms with Crippen LogP contribution in [0, 0.1) is 0 Å². The first-order chi connectivity index (χ1) is 13.1. The molecule has 1 aliphatic rings. The number of aliphatic hydroxyl groups is 1. The molecule has 3 N–H and O–H groups in total. The second kappa shape index (κ2) is 10.7. The minimum absolute atomic E-state index is 0. The number of nitrogens with zero attached hydrogens (tertiary/aromatic N) is 1. The molecule has 0 spiro atoms. The van der Waals surface area contributed by atoms with Crippen molar-refractivity contribution in [2.75, 3.05) is 33.0 Å². The molecule has 28 heavy (non-hydrogen) atoms. The second-order valence-corrected chi connectivity index (χ2v) is 7.18. The first kappa shape index (κ1) is 22.6. The molecule has 3 rings (SSSR count). The van der Waals surface area contributed by atoms with Gasteiger partial charge in [-0.1, -0.05) is 6.07 Å². The van der Waals surface area contributed by atoms with Crippen molar-refractivity contribution in [1.82, 2.24) is 10.6 Å². The van der Waals surface area contributed by atoms with Gasteiger partial charge in [-0.15, -0.1) is 35.3 Å². The number of aliphatic imine (C=N–C) groups is 1. The Kier molecular flexibility index (Phi) is 8.64. The summed E-state index contributed by atoms with van der Waals surface area (Å²) in [6.07, 6.45) is 0. The first-order valence-corrected chi connectivity index (χ1v) is 9.77. The number of guanidine groups is 1. The van der Waals surface area contributed by atoms with Gasteiger partial charge in [0.2, 0.25) is 6.79 Å². The smallest absolute Gasteiger partial charge is 0.231 e. The van der Waals surface area contributed by atoms with E-state index in [9.17, 15) is 5.11 Å². The van der Waals surface area contributed by atoms with Crippen LogP contribution in [0.2, 0.25) is 0 Å². The van der Waals surface area contributed by atoms with E-state index >= 15 is 0 Å². The summed E-state index contributed by atoms with van der Waals surface area (Å²) in [5, 5.41) is 18.9.